The summed E-state index contributed by atoms with van der Waals surface area (Å²) in [7, 11) is 0. The molecule has 0 aliphatic heterocycles. The molecular weight excluding hydrogens is 375 g/mol. The van der Waals surface area contributed by atoms with E-state index in [1.54, 1.807) is 48.8 Å². The molecule has 1 aromatic carbocycles. The van der Waals surface area contributed by atoms with E-state index >= 15 is 0 Å². The van der Waals surface area contributed by atoms with Crippen LogP contribution >= 0.6 is 24.8 Å². The van der Waals surface area contributed by atoms with Crippen molar-refractivity contribution in [2.75, 3.05) is 10.6 Å². The SMILES string of the molecule is CC(C)C[C@H](N)C(=O)Nc1ccc(C(=O)Nc2cccnc2)cc1.Cl.Cl. The van der Waals surface area contributed by atoms with Crippen molar-refractivity contribution in [1.29, 1.82) is 0 Å². The van der Waals surface area contributed by atoms with Gasteiger partial charge in [0.15, 0.2) is 0 Å². The highest BCUT2D eigenvalue weighted by atomic mass is 35.5. The van der Waals surface area contributed by atoms with Crippen LogP contribution in [-0.2, 0) is 4.79 Å². The van der Waals surface area contributed by atoms with Crippen LogP contribution in [0, 0.1) is 5.92 Å². The molecule has 8 heteroatoms. The van der Waals surface area contributed by atoms with Crippen LogP contribution in [0.15, 0.2) is 48.8 Å². The van der Waals surface area contributed by atoms with Gasteiger partial charge in [-0.05, 0) is 48.7 Å². The zero-order valence-electron chi connectivity index (χ0n) is 14.6. The van der Waals surface area contributed by atoms with Crippen LogP contribution in [0.25, 0.3) is 0 Å². The Morgan fingerprint density at radius 3 is 2.23 bits per heavy atom. The highest BCUT2D eigenvalue weighted by Gasteiger charge is 2.15. The van der Waals surface area contributed by atoms with Gasteiger partial charge in [-0.1, -0.05) is 13.8 Å². The van der Waals surface area contributed by atoms with Crippen molar-refractivity contribution in [2.24, 2.45) is 11.7 Å². The van der Waals surface area contributed by atoms with Gasteiger partial charge in [-0.3, -0.25) is 14.6 Å². The number of nitrogens with zero attached hydrogens (tertiary/aromatic N) is 1. The monoisotopic (exact) mass is 398 g/mol. The second-order valence-electron chi connectivity index (χ2n) is 6.00. The second kappa shape index (κ2) is 11.5. The smallest absolute Gasteiger partial charge is 0.255 e. The Morgan fingerprint density at radius 2 is 1.69 bits per heavy atom. The molecule has 0 bridgehead atoms. The molecule has 1 aromatic heterocycles. The molecule has 0 unspecified atom stereocenters. The normalized spacial score (nSPS) is 10.9. The van der Waals surface area contributed by atoms with Crippen molar-refractivity contribution < 1.29 is 9.59 Å². The lowest BCUT2D eigenvalue weighted by atomic mass is 10.0. The lowest BCUT2D eigenvalue weighted by Crippen LogP contribution is -2.36. The van der Waals surface area contributed by atoms with Crippen molar-refractivity contribution in [1.82, 2.24) is 4.98 Å². The number of carbonyl (C=O) groups is 2. The third kappa shape index (κ3) is 7.39. The van der Waals surface area contributed by atoms with Gasteiger partial charge in [0.1, 0.15) is 0 Å². The lowest BCUT2D eigenvalue weighted by Gasteiger charge is -2.14. The number of halogens is 2. The van der Waals surface area contributed by atoms with E-state index in [-0.39, 0.29) is 36.6 Å². The lowest BCUT2D eigenvalue weighted by molar-refractivity contribution is -0.117. The quantitative estimate of drug-likeness (QED) is 0.693. The molecule has 0 saturated carbocycles. The van der Waals surface area contributed by atoms with E-state index in [0.717, 1.165) is 0 Å². The van der Waals surface area contributed by atoms with Crippen LogP contribution in [0.4, 0.5) is 11.4 Å². The van der Waals surface area contributed by atoms with Gasteiger partial charge in [-0.15, -0.1) is 24.8 Å². The van der Waals surface area contributed by atoms with Crippen LogP contribution < -0.4 is 16.4 Å². The molecule has 1 heterocycles. The first kappa shape index (κ1) is 23.9. The first-order valence-corrected chi connectivity index (χ1v) is 7.83. The van der Waals surface area contributed by atoms with E-state index < -0.39 is 6.04 Å². The van der Waals surface area contributed by atoms with E-state index in [1.165, 1.54) is 0 Å². The fraction of sp³-hybridized carbons (Fsp3) is 0.278. The molecule has 0 saturated heterocycles. The van der Waals surface area contributed by atoms with Crippen LogP contribution in [0.5, 0.6) is 0 Å². The van der Waals surface area contributed by atoms with Crippen LogP contribution in [0.2, 0.25) is 0 Å². The van der Waals surface area contributed by atoms with Gasteiger partial charge < -0.3 is 16.4 Å². The number of hydrogen-bond acceptors (Lipinski definition) is 4. The molecule has 0 aliphatic rings. The Bertz CT molecular complexity index is 694. The van der Waals surface area contributed by atoms with E-state index in [1.807, 2.05) is 13.8 Å². The molecule has 1 atom stereocenters. The zero-order valence-corrected chi connectivity index (χ0v) is 16.3. The van der Waals surface area contributed by atoms with Crippen LogP contribution in [0.1, 0.15) is 30.6 Å². The summed E-state index contributed by atoms with van der Waals surface area (Å²) in [6.07, 6.45) is 3.83. The van der Waals surface area contributed by atoms with Gasteiger partial charge in [-0.2, -0.15) is 0 Å². The molecule has 0 radical (unpaired) electrons. The third-order valence-electron chi connectivity index (χ3n) is 3.40. The molecule has 2 amide bonds. The zero-order chi connectivity index (χ0) is 17.5. The number of rotatable bonds is 6. The first-order chi connectivity index (χ1) is 11.5. The number of pyridine rings is 1. The Balaban J connectivity index is 0.00000312. The number of aromatic nitrogens is 1. The van der Waals surface area contributed by atoms with E-state index in [4.69, 9.17) is 5.73 Å². The standard InChI is InChI=1S/C18H22N4O2.2ClH/c1-12(2)10-16(19)18(24)21-14-7-5-13(6-8-14)17(23)22-15-4-3-9-20-11-15;;/h3-9,11-12,16H,10,19H2,1-2H3,(H,21,24)(H,22,23);2*1H/t16-;;/m0../s1. The van der Waals surface area contributed by atoms with Gasteiger partial charge in [-0.25, -0.2) is 0 Å². The summed E-state index contributed by atoms with van der Waals surface area (Å²) in [6.45, 7) is 4.03. The number of hydrogen-bond donors (Lipinski definition) is 3. The molecular formula is C18H24Cl2N4O2. The number of nitrogens with one attached hydrogen (secondary N) is 2. The van der Waals surface area contributed by atoms with E-state index in [2.05, 4.69) is 15.6 Å². The Labute approximate surface area is 165 Å². The van der Waals surface area contributed by atoms with Crippen molar-refractivity contribution in [3.05, 3.63) is 54.4 Å². The summed E-state index contributed by atoms with van der Waals surface area (Å²) in [6, 6.07) is 9.61. The Hall–Kier alpha value is -2.15. The topological polar surface area (TPSA) is 97.1 Å². The molecule has 6 nitrogen and oxygen atoms in total. The molecule has 0 fully saturated rings. The summed E-state index contributed by atoms with van der Waals surface area (Å²) in [5, 5.41) is 5.51. The van der Waals surface area contributed by atoms with Gasteiger partial charge >= 0.3 is 0 Å². The first-order valence-electron chi connectivity index (χ1n) is 7.83. The van der Waals surface area contributed by atoms with Gasteiger partial charge in [0, 0.05) is 17.4 Å². The maximum atomic E-state index is 12.1. The van der Waals surface area contributed by atoms with Gasteiger partial charge in [0.2, 0.25) is 5.91 Å². The summed E-state index contributed by atoms with van der Waals surface area (Å²) in [4.78, 5) is 28.1. The van der Waals surface area contributed by atoms with E-state index in [9.17, 15) is 9.59 Å². The molecule has 2 aromatic rings. The number of benzene rings is 1. The minimum absolute atomic E-state index is 0. The summed E-state index contributed by atoms with van der Waals surface area (Å²) < 4.78 is 0. The van der Waals surface area contributed by atoms with Crippen molar-refractivity contribution >= 4 is 48.0 Å². The fourth-order valence-electron chi connectivity index (χ4n) is 2.19. The average Bonchev–Trinajstić information content (AvgIpc) is 2.55. The molecule has 2 rings (SSSR count). The average molecular weight is 399 g/mol. The fourth-order valence-corrected chi connectivity index (χ4v) is 2.19. The molecule has 26 heavy (non-hydrogen) atoms. The number of nitrogens with two attached hydrogens (primary N) is 1. The summed E-state index contributed by atoms with van der Waals surface area (Å²) in [5.74, 6) is -0.113. The molecule has 142 valence electrons. The molecule has 0 aliphatic carbocycles. The maximum Gasteiger partial charge on any atom is 0.255 e. The van der Waals surface area contributed by atoms with Crippen molar-refractivity contribution in [3.8, 4) is 0 Å². The third-order valence-corrected chi connectivity index (χ3v) is 3.40. The predicted octanol–water partition coefficient (Wildman–Crippen LogP) is 3.49. The molecule has 0 spiro atoms. The van der Waals surface area contributed by atoms with Crippen LogP contribution in [0.3, 0.4) is 0 Å². The summed E-state index contributed by atoms with van der Waals surface area (Å²) in [5.41, 5.74) is 7.57. The van der Waals surface area contributed by atoms with Gasteiger partial charge in [0.25, 0.3) is 5.91 Å². The molecule has 4 N–H and O–H groups in total. The van der Waals surface area contributed by atoms with Gasteiger partial charge in [0.05, 0.1) is 17.9 Å². The minimum atomic E-state index is -0.543. The Morgan fingerprint density at radius 1 is 1.04 bits per heavy atom. The predicted molar refractivity (Wildman–Crippen MR) is 109 cm³/mol. The summed E-state index contributed by atoms with van der Waals surface area (Å²) >= 11 is 0. The largest absolute Gasteiger partial charge is 0.325 e. The van der Waals surface area contributed by atoms with Crippen molar-refractivity contribution in [2.45, 2.75) is 26.3 Å². The van der Waals surface area contributed by atoms with Crippen LogP contribution in [-0.4, -0.2) is 22.8 Å². The highest BCUT2D eigenvalue weighted by Crippen LogP contribution is 2.13. The van der Waals surface area contributed by atoms with Crippen molar-refractivity contribution in [3.63, 3.8) is 0 Å². The number of anilines is 2. The van der Waals surface area contributed by atoms with E-state index in [0.29, 0.717) is 29.3 Å². The Kier molecular flexibility index (Phi) is 10.5. The highest BCUT2D eigenvalue weighted by molar-refractivity contribution is 6.04. The number of carbonyl (C=O) groups excluding carboxylic acids is 2. The second-order valence-corrected chi connectivity index (χ2v) is 6.00. The maximum absolute atomic E-state index is 12.1. The minimum Gasteiger partial charge on any atom is -0.325 e. The number of amides is 2.